The van der Waals surface area contributed by atoms with Gasteiger partial charge in [-0.2, -0.15) is 0 Å². The molecule has 0 aliphatic carbocycles. The van der Waals surface area contributed by atoms with Crippen molar-refractivity contribution >= 4 is 22.4 Å². The largest absolute Gasteiger partial charge is 0.506 e. The van der Waals surface area contributed by atoms with E-state index in [2.05, 4.69) is 65.9 Å². The second-order valence-electron chi connectivity index (χ2n) is 11.0. The van der Waals surface area contributed by atoms with Crippen molar-refractivity contribution in [2.24, 2.45) is 0 Å². The Labute approximate surface area is 216 Å². The van der Waals surface area contributed by atoms with E-state index in [1.807, 2.05) is 24.3 Å². The van der Waals surface area contributed by atoms with Crippen LogP contribution in [0.4, 0.5) is 5.69 Å². The molecule has 1 atom stereocenters. The number of rotatable bonds is 10. The number of aromatic hydroxyl groups is 1. The maximum Gasteiger partial charge on any atom is 0.257 e. The number of hydrogen-bond donors (Lipinski definition) is 3. The van der Waals surface area contributed by atoms with Crippen LogP contribution in [-0.2, 0) is 10.8 Å². The molecule has 0 aromatic heterocycles. The molecule has 0 saturated heterocycles. The highest BCUT2D eigenvalue weighted by Gasteiger charge is 2.28. The van der Waals surface area contributed by atoms with Crippen LogP contribution in [-0.4, -0.2) is 17.2 Å². The Kier molecular flexibility index (Phi) is 8.22. The van der Waals surface area contributed by atoms with Crippen LogP contribution in [0.5, 0.6) is 11.5 Å². The SMILES string of the molecule is CCCC(NC(=O)c1cc(N)c2ccccc2c1O)Oc1ccc(C(C)(C)CC)cc1C(C)(C)CC. The van der Waals surface area contributed by atoms with Crippen molar-refractivity contribution in [1.29, 1.82) is 0 Å². The molecule has 3 rings (SSSR count). The van der Waals surface area contributed by atoms with Gasteiger partial charge in [0.15, 0.2) is 6.23 Å². The van der Waals surface area contributed by atoms with E-state index in [1.54, 1.807) is 6.07 Å². The van der Waals surface area contributed by atoms with E-state index >= 15 is 0 Å². The second-order valence-corrected chi connectivity index (χ2v) is 11.0. The zero-order valence-corrected chi connectivity index (χ0v) is 22.9. The van der Waals surface area contributed by atoms with E-state index in [0.717, 1.165) is 36.0 Å². The van der Waals surface area contributed by atoms with Gasteiger partial charge in [-0.3, -0.25) is 4.79 Å². The van der Waals surface area contributed by atoms with Crippen LogP contribution in [0.15, 0.2) is 48.5 Å². The summed E-state index contributed by atoms with van der Waals surface area (Å²) in [5, 5.41) is 15.1. The maximum absolute atomic E-state index is 13.3. The number of carbonyl (C=O) groups is 1. The highest BCUT2D eigenvalue weighted by atomic mass is 16.5. The Morgan fingerprint density at radius 3 is 2.22 bits per heavy atom. The van der Waals surface area contributed by atoms with E-state index in [1.165, 1.54) is 11.6 Å². The number of hydrogen-bond acceptors (Lipinski definition) is 4. The minimum absolute atomic E-state index is 0.0572. The van der Waals surface area contributed by atoms with Gasteiger partial charge in [-0.05, 0) is 41.4 Å². The molecule has 5 nitrogen and oxygen atoms in total. The number of phenolic OH excluding ortho intramolecular Hbond substituents is 1. The van der Waals surface area contributed by atoms with Gasteiger partial charge < -0.3 is 20.9 Å². The van der Waals surface area contributed by atoms with E-state index < -0.39 is 12.1 Å². The molecule has 4 N–H and O–H groups in total. The number of anilines is 1. The lowest BCUT2D eigenvalue weighted by Gasteiger charge is -2.32. The van der Waals surface area contributed by atoms with Gasteiger partial charge >= 0.3 is 0 Å². The van der Waals surface area contributed by atoms with Crippen LogP contribution in [0.2, 0.25) is 0 Å². The Hall–Kier alpha value is -3.21. The molecule has 0 aliphatic heterocycles. The molecule has 0 bridgehead atoms. The lowest BCUT2D eigenvalue weighted by molar-refractivity contribution is 0.0808. The van der Waals surface area contributed by atoms with E-state index in [9.17, 15) is 9.90 Å². The molecule has 0 fully saturated rings. The van der Waals surface area contributed by atoms with E-state index in [0.29, 0.717) is 17.5 Å². The van der Waals surface area contributed by atoms with Crippen LogP contribution < -0.4 is 15.8 Å². The number of nitrogens with two attached hydrogens (primary N) is 1. The number of nitrogen functional groups attached to an aromatic ring is 1. The van der Waals surface area contributed by atoms with Gasteiger partial charge in [-0.1, -0.05) is 91.3 Å². The van der Waals surface area contributed by atoms with Gasteiger partial charge in [0.2, 0.25) is 0 Å². The fourth-order valence-electron chi connectivity index (χ4n) is 4.34. The summed E-state index contributed by atoms with van der Waals surface area (Å²) in [6.07, 6.45) is 2.89. The summed E-state index contributed by atoms with van der Waals surface area (Å²) in [7, 11) is 0. The zero-order chi connectivity index (χ0) is 26.7. The smallest absolute Gasteiger partial charge is 0.257 e. The van der Waals surface area contributed by atoms with Crippen molar-refractivity contribution in [3.05, 3.63) is 65.2 Å². The van der Waals surface area contributed by atoms with Crippen molar-refractivity contribution in [2.45, 2.75) is 91.2 Å². The number of amides is 1. The molecule has 0 saturated carbocycles. The molecule has 3 aromatic rings. The van der Waals surface area contributed by atoms with Gasteiger partial charge in [0.25, 0.3) is 5.91 Å². The first-order valence-electron chi connectivity index (χ1n) is 13.1. The number of fused-ring (bicyclic) bond motifs is 1. The highest BCUT2D eigenvalue weighted by Crippen LogP contribution is 2.39. The van der Waals surface area contributed by atoms with Crippen LogP contribution in [0.1, 0.15) is 95.6 Å². The van der Waals surface area contributed by atoms with Crippen LogP contribution in [0, 0.1) is 0 Å². The molecule has 0 heterocycles. The Morgan fingerprint density at radius 2 is 1.61 bits per heavy atom. The van der Waals surface area contributed by atoms with Crippen molar-refractivity contribution < 1.29 is 14.6 Å². The van der Waals surface area contributed by atoms with E-state index in [-0.39, 0.29) is 22.1 Å². The molecular weight excluding hydrogens is 448 g/mol. The number of carbonyl (C=O) groups excluding carboxylic acids is 1. The van der Waals surface area contributed by atoms with E-state index in [4.69, 9.17) is 10.5 Å². The fraction of sp³-hybridized carbons (Fsp3) is 0.452. The Balaban J connectivity index is 1.96. The summed E-state index contributed by atoms with van der Waals surface area (Å²) in [6, 6.07) is 15.2. The minimum atomic E-state index is -0.550. The summed E-state index contributed by atoms with van der Waals surface area (Å²) in [6.45, 7) is 15.4. The van der Waals surface area contributed by atoms with Gasteiger partial charge in [0.1, 0.15) is 11.5 Å². The second kappa shape index (κ2) is 10.8. The standard InChI is InChI=1S/C31H42N2O3/c1-8-13-27(33-29(35)23-19-25(32)21-14-11-12-15-22(21)28(23)34)36-26-17-16-20(30(4,5)9-2)18-24(26)31(6,7)10-3/h11-12,14-19,27,34H,8-10,13,32H2,1-7H3,(H,33,35). The first kappa shape index (κ1) is 27.4. The first-order valence-corrected chi connectivity index (χ1v) is 13.1. The Morgan fingerprint density at radius 1 is 0.972 bits per heavy atom. The fourth-order valence-corrected chi connectivity index (χ4v) is 4.34. The number of nitrogens with one attached hydrogen (secondary N) is 1. The lowest BCUT2D eigenvalue weighted by Crippen LogP contribution is -2.39. The summed E-state index contributed by atoms with van der Waals surface area (Å²) in [5.74, 6) is 0.286. The van der Waals surface area contributed by atoms with Crippen molar-refractivity contribution in [3.8, 4) is 11.5 Å². The zero-order valence-electron chi connectivity index (χ0n) is 22.9. The topological polar surface area (TPSA) is 84.6 Å². The number of benzene rings is 3. The third kappa shape index (κ3) is 5.61. The average Bonchev–Trinajstić information content (AvgIpc) is 2.86. The van der Waals surface area contributed by atoms with Crippen LogP contribution in [0.25, 0.3) is 10.8 Å². The van der Waals surface area contributed by atoms with Gasteiger partial charge in [-0.15, -0.1) is 0 Å². The summed E-state index contributed by atoms with van der Waals surface area (Å²) >= 11 is 0. The number of ether oxygens (including phenoxy) is 1. The highest BCUT2D eigenvalue weighted by molar-refractivity contribution is 6.07. The van der Waals surface area contributed by atoms with Crippen LogP contribution >= 0.6 is 0 Å². The predicted molar refractivity (Wildman–Crippen MR) is 150 cm³/mol. The Bertz CT molecular complexity index is 1230. The molecule has 36 heavy (non-hydrogen) atoms. The molecule has 0 spiro atoms. The molecule has 3 aromatic carbocycles. The molecule has 0 aliphatic rings. The number of phenols is 1. The summed E-state index contributed by atoms with van der Waals surface area (Å²) in [5.41, 5.74) is 9.16. The third-order valence-electron chi connectivity index (χ3n) is 7.66. The monoisotopic (exact) mass is 490 g/mol. The first-order chi connectivity index (χ1) is 16.9. The third-order valence-corrected chi connectivity index (χ3v) is 7.66. The maximum atomic E-state index is 13.3. The van der Waals surface area contributed by atoms with Gasteiger partial charge in [0.05, 0.1) is 5.56 Å². The summed E-state index contributed by atoms with van der Waals surface area (Å²) in [4.78, 5) is 13.3. The summed E-state index contributed by atoms with van der Waals surface area (Å²) < 4.78 is 6.48. The minimum Gasteiger partial charge on any atom is -0.506 e. The van der Waals surface area contributed by atoms with Crippen molar-refractivity contribution in [1.82, 2.24) is 5.32 Å². The normalized spacial score (nSPS) is 13.0. The molecule has 1 unspecified atom stereocenters. The molecule has 5 heteroatoms. The molecule has 1 amide bonds. The molecule has 194 valence electrons. The van der Waals surface area contributed by atoms with Crippen LogP contribution in [0.3, 0.4) is 0 Å². The molecule has 0 radical (unpaired) electrons. The van der Waals surface area contributed by atoms with Crippen molar-refractivity contribution in [3.63, 3.8) is 0 Å². The predicted octanol–water partition coefficient (Wildman–Crippen LogP) is 7.44. The average molecular weight is 491 g/mol. The molecular formula is C31H42N2O3. The van der Waals surface area contributed by atoms with Crippen molar-refractivity contribution in [2.75, 3.05) is 5.73 Å². The van der Waals surface area contributed by atoms with Gasteiger partial charge in [-0.25, -0.2) is 0 Å². The van der Waals surface area contributed by atoms with Gasteiger partial charge in [0, 0.05) is 28.4 Å². The quantitative estimate of drug-likeness (QED) is 0.157. The lowest BCUT2D eigenvalue weighted by atomic mass is 9.76.